The van der Waals surface area contributed by atoms with Crippen LogP contribution in [0.5, 0.6) is 5.75 Å². The fourth-order valence-corrected chi connectivity index (χ4v) is 3.29. The zero-order valence-corrected chi connectivity index (χ0v) is 17.1. The van der Waals surface area contributed by atoms with Crippen molar-refractivity contribution >= 4 is 29.3 Å². The van der Waals surface area contributed by atoms with Gasteiger partial charge in [-0.3, -0.25) is 4.79 Å². The molecule has 0 unspecified atom stereocenters. The van der Waals surface area contributed by atoms with Crippen LogP contribution >= 0.6 is 11.6 Å². The molecule has 2 aromatic carbocycles. The van der Waals surface area contributed by atoms with E-state index in [2.05, 4.69) is 5.32 Å². The standard InChI is InChI=1S/C23H20ClN3O2/c1-14-4-5-19(12-22(14)24)26-23(29)18(13-25)11-17-10-15(2)27(16(17)3)20-6-8-21(28)9-7-20/h4-12,28H,1-3H3,(H,26,29). The number of aryl methyl sites for hydroxylation is 2. The van der Waals surface area contributed by atoms with Crippen LogP contribution in [0.4, 0.5) is 5.69 Å². The number of rotatable bonds is 4. The van der Waals surface area contributed by atoms with Crippen LogP contribution in [-0.2, 0) is 4.79 Å². The molecular weight excluding hydrogens is 386 g/mol. The minimum atomic E-state index is -0.498. The van der Waals surface area contributed by atoms with E-state index in [0.29, 0.717) is 10.7 Å². The van der Waals surface area contributed by atoms with Crippen LogP contribution in [0.3, 0.4) is 0 Å². The molecule has 0 aliphatic carbocycles. The first-order valence-electron chi connectivity index (χ1n) is 8.98. The highest BCUT2D eigenvalue weighted by molar-refractivity contribution is 6.31. The monoisotopic (exact) mass is 405 g/mol. The molecule has 0 radical (unpaired) electrons. The van der Waals surface area contributed by atoms with Gasteiger partial charge in [-0.05, 0) is 80.4 Å². The number of benzene rings is 2. The number of phenols is 1. The van der Waals surface area contributed by atoms with E-state index in [1.165, 1.54) is 0 Å². The lowest BCUT2D eigenvalue weighted by molar-refractivity contribution is -0.112. The van der Waals surface area contributed by atoms with Gasteiger partial charge in [0.05, 0.1) is 0 Å². The Balaban J connectivity index is 1.92. The Bertz CT molecular complexity index is 1150. The van der Waals surface area contributed by atoms with Gasteiger partial charge in [0.15, 0.2) is 0 Å². The van der Waals surface area contributed by atoms with E-state index in [-0.39, 0.29) is 11.3 Å². The number of carbonyl (C=O) groups is 1. The van der Waals surface area contributed by atoms with Gasteiger partial charge in [0.25, 0.3) is 5.91 Å². The van der Waals surface area contributed by atoms with Crippen LogP contribution in [0, 0.1) is 32.1 Å². The molecular formula is C23H20ClN3O2. The molecule has 29 heavy (non-hydrogen) atoms. The molecule has 0 atom stereocenters. The number of anilines is 1. The summed E-state index contributed by atoms with van der Waals surface area (Å²) >= 11 is 6.10. The molecule has 6 heteroatoms. The van der Waals surface area contributed by atoms with Gasteiger partial charge in [-0.2, -0.15) is 5.26 Å². The third kappa shape index (κ3) is 4.34. The number of hydrogen-bond acceptors (Lipinski definition) is 3. The molecule has 3 rings (SSSR count). The van der Waals surface area contributed by atoms with Crippen molar-refractivity contribution in [3.8, 4) is 17.5 Å². The zero-order chi connectivity index (χ0) is 21.1. The Morgan fingerprint density at radius 1 is 1.14 bits per heavy atom. The fraction of sp³-hybridized carbons (Fsp3) is 0.130. The average molecular weight is 406 g/mol. The lowest BCUT2D eigenvalue weighted by Crippen LogP contribution is -2.13. The summed E-state index contributed by atoms with van der Waals surface area (Å²) in [6, 6.07) is 15.9. The summed E-state index contributed by atoms with van der Waals surface area (Å²) in [6.45, 7) is 5.73. The predicted octanol–water partition coefficient (Wildman–Crippen LogP) is 5.31. The highest BCUT2D eigenvalue weighted by Crippen LogP contribution is 2.25. The van der Waals surface area contributed by atoms with Crippen LogP contribution < -0.4 is 5.32 Å². The second-order valence-corrected chi connectivity index (χ2v) is 7.17. The lowest BCUT2D eigenvalue weighted by atomic mass is 10.1. The normalized spacial score (nSPS) is 11.2. The van der Waals surface area contributed by atoms with Crippen LogP contribution in [0.2, 0.25) is 5.02 Å². The number of aromatic hydroxyl groups is 1. The summed E-state index contributed by atoms with van der Waals surface area (Å²) in [5.74, 6) is -0.308. The zero-order valence-electron chi connectivity index (χ0n) is 16.3. The van der Waals surface area contributed by atoms with Gasteiger partial charge in [0.1, 0.15) is 17.4 Å². The molecule has 2 N–H and O–H groups in total. The van der Waals surface area contributed by atoms with Crippen molar-refractivity contribution in [3.63, 3.8) is 0 Å². The lowest BCUT2D eigenvalue weighted by Gasteiger charge is -2.10. The summed E-state index contributed by atoms with van der Waals surface area (Å²) in [4.78, 5) is 12.6. The number of halogens is 1. The van der Waals surface area contributed by atoms with E-state index in [1.54, 1.807) is 36.4 Å². The molecule has 1 heterocycles. The minimum Gasteiger partial charge on any atom is -0.508 e. The number of aromatic nitrogens is 1. The Hall–Kier alpha value is -3.49. The number of carbonyl (C=O) groups excluding carboxylic acids is 1. The third-order valence-electron chi connectivity index (χ3n) is 4.67. The Kier molecular flexibility index (Phi) is 5.76. The van der Waals surface area contributed by atoms with Crippen molar-refractivity contribution in [1.82, 2.24) is 4.57 Å². The van der Waals surface area contributed by atoms with Crippen molar-refractivity contribution < 1.29 is 9.90 Å². The van der Waals surface area contributed by atoms with E-state index < -0.39 is 5.91 Å². The van der Waals surface area contributed by atoms with Crippen LogP contribution in [-0.4, -0.2) is 15.6 Å². The van der Waals surface area contributed by atoms with E-state index in [0.717, 1.165) is 28.2 Å². The highest BCUT2D eigenvalue weighted by atomic mass is 35.5. The van der Waals surface area contributed by atoms with Gasteiger partial charge >= 0.3 is 0 Å². The predicted molar refractivity (Wildman–Crippen MR) is 115 cm³/mol. The number of nitrogens with zero attached hydrogens (tertiary/aromatic N) is 2. The summed E-state index contributed by atoms with van der Waals surface area (Å²) in [7, 11) is 0. The van der Waals surface area contributed by atoms with E-state index in [4.69, 9.17) is 11.6 Å². The smallest absolute Gasteiger partial charge is 0.266 e. The molecule has 146 valence electrons. The molecule has 0 fully saturated rings. The molecule has 0 aliphatic heterocycles. The van der Waals surface area contributed by atoms with Gasteiger partial charge in [-0.15, -0.1) is 0 Å². The molecule has 0 saturated heterocycles. The van der Waals surface area contributed by atoms with Gasteiger partial charge in [-0.25, -0.2) is 0 Å². The number of nitriles is 1. The van der Waals surface area contributed by atoms with Crippen LogP contribution in [0.25, 0.3) is 11.8 Å². The Morgan fingerprint density at radius 2 is 1.83 bits per heavy atom. The van der Waals surface area contributed by atoms with Gasteiger partial charge in [0, 0.05) is 27.8 Å². The van der Waals surface area contributed by atoms with Crippen LogP contribution in [0.1, 0.15) is 22.5 Å². The summed E-state index contributed by atoms with van der Waals surface area (Å²) in [6.07, 6.45) is 1.57. The molecule has 0 aliphatic rings. The Morgan fingerprint density at radius 3 is 2.45 bits per heavy atom. The average Bonchev–Trinajstić information content (AvgIpc) is 2.96. The summed E-state index contributed by atoms with van der Waals surface area (Å²) in [5, 5.41) is 22.3. The van der Waals surface area contributed by atoms with E-state index >= 15 is 0 Å². The third-order valence-corrected chi connectivity index (χ3v) is 5.08. The summed E-state index contributed by atoms with van der Waals surface area (Å²) < 4.78 is 2.00. The maximum atomic E-state index is 12.6. The molecule has 0 bridgehead atoms. The van der Waals surface area contributed by atoms with Crippen LogP contribution in [0.15, 0.2) is 54.1 Å². The topological polar surface area (TPSA) is 78.0 Å². The summed E-state index contributed by atoms with van der Waals surface area (Å²) in [5.41, 5.74) is 4.91. The fourth-order valence-electron chi connectivity index (χ4n) is 3.11. The number of hydrogen-bond donors (Lipinski definition) is 2. The van der Waals surface area contributed by atoms with Crippen molar-refractivity contribution in [1.29, 1.82) is 5.26 Å². The number of nitrogens with one attached hydrogen (secondary N) is 1. The first kappa shape index (κ1) is 20.2. The molecule has 0 saturated carbocycles. The van der Waals surface area contributed by atoms with E-state index in [9.17, 15) is 15.2 Å². The van der Waals surface area contributed by atoms with E-state index in [1.807, 2.05) is 49.6 Å². The van der Waals surface area contributed by atoms with Gasteiger partial charge in [-0.1, -0.05) is 17.7 Å². The van der Waals surface area contributed by atoms with Gasteiger partial charge in [0.2, 0.25) is 0 Å². The molecule has 1 amide bonds. The first-order valence-corrected chi connectivity index (χ1v) is 9.35. The van der Waals surface area contributed by atoms with Crippen molar-refractivity contribution in [3.05, 3.63) is 81.6 Å². The van der Waals surface area contributed by atoms with Gasteiger partial charge < -0.3 is 15.0 Å². The second kappa shape index (κ2) is 8.26. The Labute approximate surface area is 174 Å². The highest BCUT2D eigenvalue weighted by Gasteiger charge is 2.14. The largest absolute Gasteiger partial charge is 0.508 e. The maximum absolute atomic E-state index is 12.6. The molecule has 3 aromatic rings. The quantitative estimate of drug-likeness (QED) is 0.456. The first-order chi connectivity index (χ1) is 13.8. The molecule has 5 nitrogen and oxygen atoms in total. The maximum Gasteiger partial charge on any atom is 0.266 e. The molecule has 0 spiro atoms. The SMILES string of the molecule is Cc1ccc(NC(=O)C(C#N)=Cc2cc(C)n(-c3ccc(O)cc3)c2C)cc1Cl. The van der Waals surface area contributed by atoms with Crippen molar-refractivity contribution in [2.45, 2.75) is 20.8 Å². The van der Waals surface area contributed by atoms with Crippen molar-refractivity contribution in [2.24, 2.45) is 0 Å². The minimum absolute atomic E-state index is 0.00680. The second-order valence-electron chi connectivity index (χ2n) is 6.77. The molecule has 1 aromatic heterocycles. The number of amides is 1. The van der Waals surface area contributed by atoms with Crippen molar-refractivity contribution in [2.75, 3.05) is 5.32 Å². The number of phenolic OH excluding ortho intramolecular Hbond substituents is 1.